The third-order valence-corrected chi connectivity index (χ3v) is 4.99. The van der Waals surface area contributed by atoms with Crippen LogP contribution in [0, 0.1) is 12.8 Å². The number of nitrogens with zero attached hydrogens (tertiary/aromatic N) is 1. The topological polar surface area (TPSA) is 55.7 Å². The number of benzene rings is 1. The van der Waals surface area contributed by atoms with Crippen LogP contribution in [-0.4, -0.2) is 26.3 Å². The van der Waals surface area contributed by atoms with E-state index in [0.717, 1.165) is 5.56 Å². The van der Waals surface area contributed by atoms with Gasteiger partial charge in [-0.2, -0.15) is 0 Å². The predicted molar refractivity (Wildman–Crippen MR) is 70.4 cm³/mol. The molecule has 0 radical (unpaired) electrons. The minimum absolute atomic E-state index is 0.0951. The molecular formula is C13H17NO3S. The zero-order valence-corrected chi connectivity index (χ0v) is 11.5. The van der Waals surface area contributed by atoms with Gasteiger partial charge in [-0.3, -0.25) is 0 Å². The standard InChI is InChI=1S/C13H17NO3S/c1-9(2)12-13(14-8-17-12)18(15,16)11-6-4-10(3)5-7-11/h4-9,12-13H,1-3H3/t12-,13-/m1/s1. The first-order valence-corrected chi connectivity index (χ1v) is 7.45. The van der Waals surface area contributed by atoms with Crippen molar-refractivity contribution in [2.45, 2.75) is 37.1 Å². The Morgan fingerprint density at radius 3 is 2.39 bits per heavy atom. The molecular weight excluding hydrogens is 250 g/mol. The highest BCUT2D eigenvalue weighted by molar-refractivity contribution is 7.92. The second kappa shape index (κ2) is 4.72. The highest BCUT2D eigenvalue weighted by atomic mass is 32.2. The number of aliphatic imine (C=N–C) groups is 1. The molecule has 0 spiro atoms. The van der Waals surface area contributed by atoms with Crippen LogP contribution in [0.3, 0.4) is 0 Å². The lowest BCUT2D eigenvalue weighted by Crippen LogP contribution is -2.34. The van der Waals surface area contributed by atoms with Crippen molar-refractivity contribution in [3.05, 3.63) is 29.8 Å². The fourth-order valence-electron chi connectivity index (χ4n) is 1.93. The summed E-state index contributed by atoms with van der Waals surface area (Å²) in [5.41, 5.74) is 1.03. The molecule has 1 heterocycles. The Morgan fingerprint density at radius 2 is 1.83 bits per heavy atom. The van der Waals surface area contributed by atoms with E-state index in [-0.39, 0.29) is 5.92 Å². The molecule has 0 unspecified atom stereocenters. The van der Waals surface area contributed by atoms with E-state index in [2.05, 4.69) is 4.99 Å². The molecule has 2 atom stereocenters. The summed E-state index contributed by atoms with van der Waals surface area (Å²) in [6.07, 6.45) is 0.845. The van der Waals surface area contributed by atoms with Crippen LogP contribution < -0.4 is 0 Å². The van der Waals surface area contributed by atoms with Crippen molar-refractivity contribution in [1.82, 2.24) is 0 Å². The molecule has 0 amide bonds. The summed E-state index contributed by atoms with van der Waals surface area (Å²) >= 11 is 0. The van der Waals surface area contributed by atoms with Crippen LogP contribution in [0.15, 0.2) is 34.2 Å². The van der Waals surface area contributed by atoms with Gasteiger partial charge in [-0.1, -0.05) is 31.5 Å². The molecule has 0 aromatic heterocycles. The van der Waals surface area contributed by atoms with E-state index in [1.54, 1.807) is 24.3 Å². The zero-order valence-electron chi connectivity index (χ0n) is 10.7. The van der Waals surface area contributed by atoms with Crippen molar-refractivity contribution in [2.24, 2.45) is 10.9 Å². The molecule has 5 heteroatoms. The maximum absolute atomic E-state index is 12.5. The van der Waals surface area contributed by atoms with Gasteiger partial charge in [0, 0.05) is 0 Å². The predicted octanol–water partition coefficient (Wildman–Crippen LogP) is 2.18. The number of ether oxygens (including phenoxy) is 1. The van der Waals surface area contributed by atoms with Gasteiger partial charge in [0.2, 0.25) is 9.84 Å². The Kier molecular flexibility index (Phi) is 3.43. The minimum atomic E-state index is -3.47. The Bertz CT molecular complexity index is 546. The number of sulfone groups is 1. The molecule has 2 rings (SSSR count). The van der Waals surface area contributed by atoms with E-state index in [9.17, 15) is 8.42 Å². The molecule has 0 saturated heterocycles. The molecule has 0 N–H and O–H groups in total. The smallest absolute Gasteiger partial charge is 0.205 e. The van der Waals surface area contributed by atoms with E-state index in [1.165, 1.54) is 6.40 Å². The Hall–Kier alpha value is -1.36. The number of hydrogen-bond acceptors (Lipinski definition) is 4. The van der Waals surface area contributed by atoms with Gasteiger partial charge in [0.1, 0.15) is 6.10 Å². The highest BCUT2D eigenvalue weighted by Crippen LogP contribution is 2.27. The maximum atomic E-state index is 12.5. The molecule has 1 aromatic rings. The van der Waals surface area contributed by atoms with Crippen LogP contribution in [0.4, 0.5) is 0 Å². The molecule has 98 valence electrons. The molecule has 1 aromatic carbocycles. The number of aryl methyl sites for hydroxylation is 1. The summed E-state index contributed by atoms with van der Waals surface area (Å²) < 4.78 is 30.2. The van der Waals surface area contributed by atoms with Gasteiger partial charge >= 0.3 is 0 Å². The van der Waals surface area contributed by atoms with Crippen molar-refractivity contribution in [1.29, 1.82) is 0 Å². The summed E-state index contributed by atoms with van der Waals surface area (Å²) in [6, 6.07) is 6.82. The zero-order chi connectivity index (χ0) is 13.3. The average Bonchev–Trinajstić information content (AvgIpc) is 2.79. The molecule has 0 fully saturated rings. The van der Waals surface area contributed by atoms with E-state index in [1.807, 2.05) is 20.8 Å². The van der Waals surface area contributed by atoms with Gasteiger partial charge in [-0.25, -0.2) is 13.4 Å². The first-order chi connectivity index (χ1) is 8.43. The van der Waals surface area contributed by atoms with Crippen molar-refractivity contribution in [3.8, 4) is 0 Å². The van der Waals surface area contributed by atoms with E-state index >= 15 is 0 Å². The summed E-state index contributed by atoms with van der Waals surface area (Å²) in [5.74, 6) is 0.0951. The van der Waals surface area contributed by atoms with E-state index in [0.29, 0.717) is 4.90 Å². The summed E-state index contributed by atoms with van der Waals surface area (Å²) in [4.78, 5) is 4.27. The Labute approximate surface area is 108 Å². The van der Waals surface area contributed by atoms with Crippen molar-refractivity contribution < 1.29 is 13.2 Å². The average molecular weight is 267 g/mol. The van der Waals surface area contributed by atoms with Gasteiger partial charge in [-0.05, 0) is 25.0 Å². The van der Waals surface area contributed by atoms with E-state index < -0.39 is 21.3 Å². The van der Waals surface area contributed by atoms with Crippen LogP contribution in [0.5, 0.6) is 0 Å². The largest absolute Gasteiger partial charge is 0.477 e. The Balaban J connectivity index is 2.36. The van der Waals surface area contributed by atoms with Gasteiger partial charge < -0.3 is 4.74 Å². The number of hydrogen-bond donors (Lipinski definition) is 0. The van der Waals surface area contributed by atoms with Crippen LogP contribution in [-0.2, 0) is 14.6 Å². The fraction of sp³-hybridized carbons (Fsp3) is 0.462. The van der Waals surface area contributed by atoms with E-state index in [4.69, 9.17) is 4.74 Å². The van der Waals surface area contributed by atoms with Gasteiger partial charge in [0.25, 0.3) is 0 Å². The molecule has 1 aliphatic rings. The SMILES string of the molecule is Cc1ccc(S(=O)(=O)[C@H]2N=CO[C@@H]2C(C)C)cc1. The first-order valence-electron chi connectivity index (χ1n) is 5.90. The molecule has 0 saturated carbocycles. The maximum Gasteiger partial charge on any atom is 0.205 e. The third-order valence-electron chi connectivity index (χ3n) is 3.03. The van der Waals surface area contributed by atoms with Crippen LogP contribution in [0.2, 0.25) is 0 Å². The normalized spacial score (nSPS) is 23.3. The molecule has 0 aliphatic carbocycles. The van der Waals surface area contributed by atoms with Crippen LogP contribution in [0.1, 0.15) is 19.4 Å². The summed E-state index contributed by atoms with van der Waals surface area (Å²) in [7, 11) is -3.47. The van der Waals surface area contributed by atoms with Gasteiger partial charge in [-0.15, -0.1) is 0 Å². The van der Waals surface area contributed by atoms with Crippen LogP contribution >= 0.6 is 0 Å². The minimum Gasteiger partial charge on any atom is -0.477 e. The van der Waals surface area contributed by atoms with Crippen LogP contribution in [0.25, 0.3) is 0 Å². The number of rotatable bonds is 3. The third kappa shape index (κ3) is 2.27. The lowest BCUT2D eigenvalue weighted by Gasteiger charge is -2.20. The van der Waals surface area contributed by atoms with Gasteiger partial charge in [0.05, 0.1) is 4.90 Å². The lowest BCUT2D eigenvalue weighted by atomic mass is 10.1. The van der Waals surface area contributed by atoms with Crippen molar-refractivity contribution >= 4 is 16.2 Å². The second-order valence-corrected chi connectivity index (χ2v) is 6.89. The summed E-state index contributed by atoms with van der Waals surface area (Å²) in [6.45, 7) is 5.78. The highest BCUT2D eigenvalue weighted by Gasteiger charge is 2.40. The molecule has 4 nitrogen and oxygen atoms in total. The molecule has 1 aliphatic heterocycles. The fourth-order valence-corrected chi connectivity index (χ4v) is 3.66. The monoisotopic (exact) mass is 267 g/mol. The van der Waals surface area contributed by atoms with Crippen molar-refractivity contribution in [3.63, 3.8) is 0 Å². The molecule has 0 bridgehead atoms. The molecule has 18 heavy (non-hydrogen) atoms. The second-order valence-electron chi connectivity index (χ2n) is 4.85. The van der Waals surface area contributed by atoms with Crippen molar-refractivity contribution in [2.75, 3.05) is 0 Å². The lowest BCUT2D eigenvalue weighted by molar-refractivity contribution is 0.168. The quantitative estimate of drug-likeness (QED) is 0.843. The first kappa shape index (κ1) is 13.1. The Morgan fingerprint density at radius 1 is 1.22 bits per heavy atom. The van der Waals surface area contributed by atoms with Gasteiger partial charge in [0.15, 0.2) is 11.8 Å². The summed E-state index contributed by atoms with van der Waals surface area (Å²) in [5, 5.41) is -0.833.